The summed E-state index contributed by atoms with van der Waals surface area (Å²) in [5.41, 5.74) is -0.823. The van der Waals surface area contributed by atoms with E-state index in [2.05, 4.69) is 15.3 Å². The van der Waals surface area contributed by atoms with Crippen LogP contribution in [0.25, 0.3) is 0 Å². The minimum Gasteiger partial charge on any atom is -0.323 e. The Morgan fingerprint density at radius 2 is 1.87 bits per heavy atom. The van der Waals surface area contributed by atoms with Gasteiger partial charge in [0.15, 0.2) is 5.16 Å². The second kappa shape index (κ2) is 7.37. The van der Waals surface area contributed by atoms with Crippen LogP contribution in [0.2, 0.25) is 10.0 Å². The first-order valence-electron chi connectivity index (χ1n) is 6.04. The predicted molar refractivity (Wildman–Crippen MR) is 82.8 cm³/mol. The zero-order valence-electron chi connectivity index (χ0n) is 11.2. The molecular weight excluding hydrogens is 374 g/mol. The number of rotatable bonds is 4. The maximum Gasteiger partial charge on any atom is 0.433 e. The number of halogens is 5. The van der Waals surface area contributed by atoms with Crippen LogP contribution in [-0.2, 0) is 11.0 Å². The average molecular weight is 382 g/mol. The van der Waals surface area contributed by atoms with E-state index in [4.69, 9.17) is 23.2 Å². The van der Waals surface area contributed by atoms with E-state index in [1.165, 1.54) is 0 Å². The van der Waals surface area contributed by atoms with Crippen LogP contribution in [0.4, 0.5) is 18.9 Å². The van der Waals surface area contributed by atoms with Crippen LogP contribution >= 0.6 is 35.0 Å². The van der Waals surface area contributed by atoms with Crippen molar-refractivity contribution in [3.05, 3.63) is 46.2 Å². The summed E-state index contributed by atoms with van der Waals surface area (Å²) >= 11 is 12.6. The fourth-order valence-corrected chi connectivity index (χ4v) is 2.61. The van der Waals surface area contributed by atoms with Crippen LogP contribution in [-0.4, -0.2) is 21.6 Å². The SMILES string of the molecule is O=C(CSc1nccc(C(F)(F)F)n1)Nc1c(Cl)cccc1Cl. The van der Waals surface area contributed by atoms with Crippen LogP contribution in [0.1, 0.15) is 5.69 Å². The molecule has 1 aromatic heterocycles. The van der Waals surface area contributed by atoms with Crippen molar-refractivity contribution in [2.75, 3.05) is 11.1 Å². The Balaban J connectivity index is 2.00. The molecular formula is C13H8Cl2F3N3OS. The summed E-state index contributed by atoms with van der Waals surface area (Å²) < 4.78 is 37.6. The van der Waals surface area contributed by atoms with E-state index in [-0.39, 0.29) is 26.6 Å². The molecule has 0 fully saturated rings. The minimum absolute atomic E-state index is 0.153. The normalized spacial score (nSPS) is 11.3. The molecule has 0 saturated heterocycles. The predicted octanol–water partition coefficient (Wildman–Crippen LogP) is 4.53. The van der Waals surface area contributed by atoms with Gasteiger partial charge in [0.2, 0.25) is 5.91 Å². The fourth-order valence-electron chi connectivity index (χ4n) is 1.49. The Morgan fingerprint density at radius 3 is 2.48 bits per heavy atom. The van der Waals surface area contributed by atoms with E-state index in [9.17, 15) is 18.0 Å². The Labute approximate surface area is 143 Å². The van der Waals surface area contributed by atoms with E-state index in [0.717, 1.165) is 24.0 Å². The number of alkyl halides is 3. The van der Waals surface area contributed by atoms with Gasteiger partial charge in [-0.25, -0.2) is 9.97 Å². The third-order valence-corrected chi connectivity index (χ3v) is 3.97. The molecule has 4 nitrogen and oxygen atoms in total. The number of nitrogens with zero attached hydrogens (tertiary/aromatic N) is 2. The highest BCUT2D eigenvalue weighted by Crippen LogP contribution is 2.30. The van der Waals surface area contributed by atoms with Crippen molar-refractivity contribution in [2.45, 2.75) is 11.3 Å². The van der Waals surface area contributed by atoms with Crippen LogP contribution in [0.3, 0.4) is 0 Å². The summed E-state index contributed by atoms with van der Waals surface area (Å²) in [5.74, 6) is -0.686. The lowest BCUT2D eigenvalue weighted by atomic mass is 10.3. The molecule has 2 aromatic rings. The fraction of sp³-hybridized carbons (Fsp3) is 0.154. The highest BCUT2D eigenvalue weighted by atomic mass is 35.5. The molecule has 1 N–H and O–H groups in total. The van der Waals surface area contributed by atoms with E-state index in [0.29, 0.717) is 0 Å². The van der Waals surface area contributed by atoms with Crippen molar-refractivity contribution in [1.29, 1.82) is 0 Å². The van der Waals surface area contributed by atoms with Gasteiger partial charge in [0.1, 0.15) is 5.69 Å². The molecule has 0 spiro atoms. The lowest BCUT2D eigenvalue weighted by molar-refractivity contribution is -0.141. The first kappa shape index (κ1) is 17.8. The molecule has 0 bridgehead atoms. The second-order valence-corrected chi connectivity index (χ2v) is 5.91. The highest BCUT2D eigenvalue weighted by molar-refractivity contribution is 7.99. The van der Waals surface area contributed by atoms with Crippen LogP contribution in [0, 0.1) is 0 Å². The van der Waals surface area contributed by atoms with Crippen molar-refractivity contribution in [3.63, 3.8) is 0 Å². The van der Waals surface area contributed by atoms with Gasteiger partial charge in [-0.05, 0) is 18.2 Å². The molecule has 1 amide bonds. The van der Waals surface area contributed by atoms with Crippen molar-refractivity contribution in [1.82, 2.24) is 9.97 Å². The summed E-state index contributed by atoms with van der Waals surface area (Å²) in [6.45, 7) is 0. The van der Waals surface area contributed by atoms with E-state index >= 15 is 0 Å². The van der Waals surface area contributed by atoms with Crippen LogP contribution in [0.15, 0.2) is 35.6 Å². The number of nitrogens with one attached hydrogen (secondary N) is 1. The molecule has 0 unspecified atom stereocenters. The third kappa shape index (κ3) is 4.98. The molecule has 1 heterocycles. The Morgan fingerprint density at radius 1 is 1.22 bits per heavy atom. The van der Waals surface area contributed by atoms with Crippen molar-refractivity contribution in [3.8, 4) is 0 Å². The van der Waals surface area contributed by atoms with Gasteiger partial charge in [0.25, 0.3) is 0 Å². The van der Waals surface area contributed by atoms with Crippen LogP contribution < -0.4 is 5.32 Å². The summed E-state index contributed by atoms with van der Waals surface area (Å²) in [5, 5.41) is 2.85. The van der Waals surface area contributed by atoms with E-state index in [1.54, 1.807) is 18.2 Å². The number of carbonyl (C=O) groups excluding carboxylic acids is 1. The summed E-state index contributed by atoms with van der Waals surface area (Å²) in [4.78, 5) is 18.9. The van der Waals surface area contributed by atoms with E-state index in [1.807, 2.05) is 0 Å². The lowest BCUT2D eigenvalue weighted by Gasteiger charge is -2.09. The number of thioether (sulfide) groups is 1. The van der Waals surface area contributed by atoms with Crippen LogP contribution in [0.5, 0.6) is 0 Å². The van der Waals surface area contributed by atoms with Gasteiger partial charge in [0, 0.05) is 6.20 Å². The third-order valence-electron chi connectivity index (χ3n) is 2.48. The summed E-state index contributed by atoms with van der Waals surface area (Å²) in [6.07, 6.45) is -3.58. The van der Waals surface area contributed by atoms with Gasteiger partial charge in [-0.1, -0.05) is 41.0 Å². The van der Waals surface area contributed by atoms with Gasteiger partial charge in [-0.3, -0.25) is 4.79 Å². The second-order valence-electron chi connectivity index (χ2n) is 4.16. The largest absolute Gasteiger partial charge is 0.433 e. The number of aromatic nitrogens is 2. The lowest BCUT2D eigenvalue weighted by Crippen LogP contribution is -2.15. The summed E-state index contributed by atoms with van der Waals surface area (Å²) in [6, 6.07) is 5.47. The zero-order valence-corrected chi connectivity index (χ0v) is 13.5. The number of hydrogen-bond acceptors (Lipinski definition) is 4. The van der Waals surface area contributed by atoms with Gasteiger partial charge in [0.05, 0.1) is 21.5 Å². The van der Waals surface area contributed by atoms with Crippen molar-refractivity contribution < 1.29 is 18.0 Å². The Hall–Kier alpha value is -1.51. The Bertz CT molecular complexity index is 708. The average Bonchev–Trinajstić information content (AvgIpc) is 2.48. The number of anilines is 1. The van der Waals surface area contributed by atoms with Crippen molar-refractivity contribution in [2.24, 2.45) is 0 Å². The van der Waals surface area contributed by atoms with Gasteiger partial charge >= 0.3 is 6.18 Å². The molecule has 0 radical (unpaired) electrons. The molecule has 0 atom stereocenters. The first-order valence-corrected chi connectivity index (χ1v) is 7.78. The molecule has 10 heteroatoms. The first-order chi connectivity index (χ1) is 10.8. The summed E-state index contributed by atoms with van der Waals surface area (Å²) in [7, 11) is 0. The zero-order chi connectivity index (χ0) is 17.0. The highest BCUT2D eigenvalue weighted by Gasteiger charge is 2.32. The minimum atomic E-state index is -4.56. The standard InChI is InChI=1S/C13H8Cl2F3N3OS/c14-7-2-1-3-8(15)11(7)21-10(22)6-23-12-19-5-4-9(20-12)13(16,17)18/h1-5H,6H2,(H,21,22). The maximum absolute atomic E-state index is 12.5. The monoisotopic (exact) mass is 381 g/mol. The molecule has 1 aromatic carbocycles. The van der Waals surface area contributed by atoms with Gasteiger partial charge in [-0.2, -0.15) is 13.2 Å². The molecule has 23 heavy (non-hydrogen) atoms. The molecule has 2 rings (SSSR count). The molecule has 0 aliphatic carbocycles. The molecule has 0 aliphatic heterocycles. The van der Waals surface area contributed by atoms with E-state index < -0.39 is 17.8 Å². The smallest absolute Gasteiger partial charge is 0.323 e. The number of carbonyl (C=O) groups is 1. The molecule has 122 valence electrons. The maximum atomic E-state index is 12.5. The number of amides is 1. The van der Waals surface area contributed by atoms with Crippen molar-refractivity contribution >= 4 is 46.6 Å². The number of hydrogen-bond donors (Lipinski definition) is 1. The number of benzene rings is 1. The van der Waals surface area contributed by atoms with Gasteiger partial charge < -0.3 is 5.32 Å². The number of para-hydroxylation sites is 1. The molecule has 0 aliphatic rings. The Kier molecular flexibility index (Phi) is 5.72. The van der Waals surface area contributed by atoms with Gasteiger partial charge in [-0.15, -0.1) is 0 Å². The molecule has 0 saturated carbocycles. The quantitative estimate of drug-likeness (QED) is 0.624. The topological polar surface area (TPSA) is 54.9 Å².